The molecule has 2 aromatic rings. The van der Waals surface area contributed by atoms with E-state index in [1.165, 1.54) is 0 Å². The van der Waals surface area contributed by atoms with E-state index in [9.17, 15) is 4.79 Å². The first-order valence-electron chi connectivity index (χ1n) is 10.2. The summed E-state index contributed by atoms with van der Waals surface area (Å²) in [7, 11) is 0. The minimum Gasteiger partial charge on any atom is -0.489 e. The minimum absolute atomic E-state index is 0.0683. The average molecular weight is 402 g/mol. The number of amides is 1. The molecule has 0 bridgehead atoms. The summed E-state index contributed by atoms with van der Waals surface area (Å²) in [4.78, 5) is 15.0. The standard InChI is InChI=1S/C22H31N3O4/c1-15(2)21(25-9-11-27-12-10-25)13-23-22(26)18-5-7-19(8-6-18)28-14-20-16(3)24-29-17(20)4/h5-8,15,21H,9-14H2,1-4H3,(H,23,26). The van der Waals surface area contributed by atoms with E-state index in [2.05, 4.69) is 29.2 Å². The number of aromatic nitrogens is 1. The quantitative estimate of drug-likeness (QED) is 0.733. The molecule has 2 heterocycles. The summed E-state index contributed by atoms with van der Waals surface area (Å²) >= 11 is 0. The van der Waals surface area contributed by atoms with E-state index in [-0.39, 0.29) is 5.91 Å². The molecule has 1 aromatic heterocycles. The molecule has 1 aliphatic heterocycles. The second-order valence-electron chi connectivity index (χ2n) is 7.79. The van der Waals surface area contributed by atoms with Crippen molar-refractivity contribution < 1.29 is 18.8 Å². The molecule has 158 valence electrons. The van der Waals surface area contributed by atoms with Crippen molar-refractivity contribution in [1.29, 1.82) is 0 Å². The van der Waals surface area contributed by atoms with Crippen molar-refractivity contribution >= 4 is 5.91 Å². The van der Waals surface area contributed by atoms with Crippen LogP contribution in [-0.2, 0) is 11.3 Å². The number of nitrogens with one attached hydrogen (secondary N) is 1. The van der Waals surface area contributed by atoms with Gasteiger partial charge in [-0.15, -0.1) is 0 Å². The molecule has 29 heavy (non-hydrogen) atoms. The predicted octanol–water partition coefficient (Wildman–Crippen LogP) is 2.96. The fourth-order valence-corrected chi connectivity index (χ4v) is 3.56. The summed E-state index contributed by atoms with van der Waals surface area (Å²) in [6.07, 6.45) is 0. The normalized spacial score (nSPS) is 16.0. The summed E-state index contributed by atoms with van der Waals surface area (Å²) in [5, 5.41) is 7.01. The van der Waals surface area contributed by atoms with Gasteiger partial charge >= 0.3 is 0 Å². The van der Waals surface area contributed by atoms with Gasteiger partial charge in [-0.25, -0.2) is 0 Å². The largest absolute Gasteiger partial charge is 0.489 e. The van der Waals surface area contributed by atoms with E-state index in [0.29, 0.717) is 36.4 Å². The van der Waals surface area contributed by atoms with Crippen molar-refractivity contribution in [3.63, 3.8) is 0 Å². The molecule has 1 atom stereocenters. The molecule has 1 saturated heterocycles. The number of nitrogens with zero attached hydrogens (tertiary/aromatic N) is 2. The second-order valence-corrected chi connectivity index (χ2v) is 7.79. The zero-order valence-electron chi connectivity index (χ0n) is 17.7. The van der Waals surface area contributed by atoms with E-state index in [0.717, 1.165) is 43.3 Å². The van der Waals surface area contributed by atoms with Gasteiger partial charge in [0.05, 0.1) is 24.5 Å². The third kappa shape index (κ3) is 5.58. The highest BCUT2D eigenvalue weighted by molar-refractivity contribution is 5.94. The molecule has 1 unspecified atom stereocenters. The van der Waals surface area contributed by atoms with Gasteiger partial charge in [-0.3, -0.25) is 9.69 Å². The Kier molecular flexibility index (Phi) is 7.28. The van der Waals surface area contributed by atoms with E-state index < -0.39 is 0 Å². The molecule has 1 fully saturated rings. The van der Waals surface area contributed by atoms with Crippen LogP contribution in [0.25, 0.3) is 0 Å². The summed E-state index contributed by atoms with van der Waals surface area (Å²) in [5.41, 5.74) is 2.41. The lowest BCUT2D eigenvalue weighted by molar-refractivity contribution is 0.00673. The third-order valence-corrected chi connectivity index (χ3v) is 5.44. The fourth-order valence-electron chi connectivity index (χ4n) is 3.56. The Morgan fingerprint density at radius 3 is 2.48 bits per heavy atom. The number of carbonyl (C=O) groups excluding carboxylic acids is 1. The Labute approximate surface area is 172 Å². The van der Waals surface area contributed by atoms with Crippen LogP contribution >= 0.6 is 0 Å². The molecular weight excluding hydrogens is 370 g/mol. The van der Waals surface area contributed by atoms with Gasteiger partial charge in [0.15, 0.2) is 0 Å². The van der Waals surface area contributed by atoms with Crippen LogP contribution in [0, 0.1) is 19.8 Å². The zero-order valence-corrected chi connectivity index (χ0v) is 17.7. The van der Waals surface area contributed by atoms with E-state index in [4.69, 9.17) is 14.0 Å². The SMILES string of the molecule is Cc1noc(C)c1COc1ccc(C(=O)NCC(C(C)C)N2CCOCC2)cc1. The maximum atomic E-state index is 12.6. The molecular formula is C22H31N3O4. The summed E-state index contributed by atoms with van der Waals surface area (Å²) < 4.78 is 16.4. The first-order chi connectivity index (χ1) is 14.0. The van der Waals surface area contributed by atoms with Gasteiger partial charge in [0, 0.05) is 31.2 Å². The molecule has 1 aromatic carbocycles. The van der Waals surface area contributed by atoms with Crippen LogP contribution in [0.3, 0.4) is 0 Å². The van der Waals surface area contributed by atoms with Crippen LogP contribution in [0.15, 0.2) is 28.8 Å². The van der Waals surface area contributed by atoms with Gasteiger partial charge < -0.3 is 19.3 Å². The van der Waals surface area contributed by atoms with Crippen LogP contribution < -0.4 is 10.1 Å². The maximum absolute atomic E-state index is 12.6. The lowest BCUT2D eigenvalue weighted by atomic mass is 10.0. The molecule has 0 saturated carbocycles. The molecule has 1 N–H and O–H groups in total. The Bertz CT molecular complexity index is 775. The number of hydrogen-bond donors (Lipinski definition) is 1. The highest BCUT2D eigenvalue weighted by Crippen LogP contribution is 2.18. The van der Waals surface area contributed by atoms with Gasteiger partial charge in [0.2, 0.25) is 0 Å². The van der Waals surface area contributed by atoms with Crippen molar-refractivity contribution in [3.8, 4) is 5.75 Å². The Balaban J connectivity index is 1.52. The van der Waals surface area contributed by atoms with Gasteiger partial charge in [0.25, 0.3) is 5.91 Å². The van der Waals surface area contributed by atoms with Crippen LogP contribution in [-0.4, -0.2) is 54.9 Å². The molecule has 1 aliphatic rings. The summed E-state index contributed by atoms with van der Waals surface area (Å²) in [5.74, 6) is 1.85. The number of morpholine rings is 1. The first kappa shape index (κ1) is 21.3. The zero-order chi connectivity index (χ0) is 20.8. The topological polar surface area (TPSA) is 76.8 Å². The number of aryl methyl sites for hydroxylation is 2. The molecule has 0 aliphatic carbocycles. The minimum atomic E-state index is -0.0683. The molecule has 7 nitrogen and oxygen atoms in total. The van der Waals surface area contributed by atoms with E-state index in [1.54, 1.807) is 12.1 Å². The molecule has 0 radical (unpaired) electrons. The van der Waals surface area contributed by atoms with Crippen molar-refractivity contribution in [2.75, 3.05) is 32.8 Å². The highest BCUT2D eigenvalue weighted by Gasteiger charge is 2.24. The van der Waals surface area contributed by atoms with Crippen LogP contribution in [0.5, 0.6) is 5.75 Å². The lowest BCUT2D eigenvalue weighted by Gasteiger charge is -2.36. The second kappa shape index (κ2) is 9.89. The first-order valence-corrected chi connectivity index (χ1v) is 10.2. The van der Waals surface area contributed by atoms with E-state index in [1.807, 2.05) is 26.0 Å². The molecule has 7 heteroatoms. The average Bonchev–Trinajstić information content (AvgIpc) is 3.05. The third-order valence-electron chi connectivity index (χ3n) is 5.44. The van der Waals surface area contributed by atoms with E-state index >= 15 is 0 Å². The number of carbonyl (C=O) groups is 1. The lowest BCUT2D eigenvalue weighted by Crippen LogP contribution is -2.51. The number of benzene rings is 1. The van der Waals surface area contributed by atoms with Gasteiger partial charge in [0.1, 0.15) is 18.1 Å². The molecule has 1 amide bonds. The number of hydrogen-bond acceptors (Lipinski definition) is 6. The van der Waals surface area contributed by atoms with Gasteiger partial charge in [-0.2, -0.15) is 0 Å². The van der Waals surface area contributed by atoms with Gasteiger partial charge in [-0.05, 0) is 44.0 Å². The molecule has 0 spiro atoms. The van der Waals surface area contributed by atoms with Crippen molar-refractivity contribution in [2.24, 2.45) is 5.92 Å². The number of ether oxygens (including phenoxy) is 2. The van der Waals surface area contributed by atoms with Crippen LogP contribution in [0.2, 0.25) is 0 Å². The van der Waals surface area contributed by atoms with Crippen LogP contribution in [0.1, 0.15) is 41.2 Å². The van der Waals surface area contributed by atoms with Crippen molar-refractivity contribution in [1.82, 2.24) is 15.4 Å². The van der Waals surface area contributed by atoms with Crippen LogP contribution in [0.4, 0.5) is 0 Å². The van der Waals surface area contributed by atoms with Crippen molar-refractivity contribution in [3.05, 3.63) is 46.8 Å². The summed E-state index contributed by atoms with van der Waals surface area (Å²) in [6, 6.07) is 7.51. The number of rotatable bonds is 8. The van der Waals surface area contributed by atoms with Gasteiger partial charge in [-0.1, -0.05) is 19.0 Å². The summed E-state index contributed by atoms with van der Waals surface area (Å²) in [6.45, 7) is 12.5. The van der Waals surface area contributed by atoms with Crippen molar-refractivity contribution in [2.45, 2.75) is 40.3 Å². The predicted molar refractivity (Wildman–Crippen MR) is 110 cm³/mol. The smallest absolute Gasteiger partial charge is 0.251 e. The maximum Gasteiger partial charge on any atom is 0.251 e. The Hall–Kier alpha value is -2.38. The fraction of sp³-hybridized carbons (Fsp3) is 0.545. The monoisotopic (exact) mass is 401 g/mol. The Morgan fingerprint density at radius 2 is 1.90 bits per heavy atom. The highest BCUT2D eigenvalue weighted by atomic mass is 16.5. The molecule has 3 rings (SSSR count). The Morgan fingerprint density at radius 1 is 1.21 bits per heavy atom.